The van der Waals surface area contributed by atoms with Crippen molar-refractivity contribution in [3.05, 3.63) is 175 Å². The average Bonchev–Trinajstić information content (AvgIpc) is 3.47. The van der Waals surface area contributed by atoms with Gasteiger partial charge in [0.25, 0.3) is 0 Å². The van der Waals surface area contributed by atoms with Crippen molar-refractivity contribution in [3.63, 3.8) is 0 Å². The van der Waals surface area contributed by atoms with Crippen molar-refractivity contribution in [1.29, 1.82) is 0 Å². The van der Waals surface area contributed by atoms with Crippen molar-refractivity contribution in [1.82, 2.24) is 4.57 Å². The van der Waals surface area contributed by atoms with E-state index in [2.05, 4.69) is 182 Å². The van der Waals surface area contributed by atoms with Gasteiger partial charge in [0.15, 0.2) is 0 Å². The number of hydrogen-bond acceptors (Lipinski definition) is 1. The van der Waals surface area contributed by atoms with Gasteiger partial charge >= 0.3 is 0 Å². The molecular formula is C45H33NS. The Morgan fingerprint density at radius 3 is 1.77 bits per heavy atom. The first-order valence-corrected chi connectivity index (χ1v) is 17.1. The summed E-state index contributed by atoms with van der Waals surface area (Å²) in [5.74, 6) is 0. The fraction of sp³-hybridized carbons (Fsp3) is 0.0667. The Kier molecular flexibility index (Phi) is 6.48. The Bertz CT molecular complexity index is 2470. The molecular weight excluding hydrogens is 587 g/mol. The SMILES string of the molecule is CC1(C)c2ccccc2Sc2c1ccc1c3ccccc3n(-c3cccc(-c4cccc(-c5cccc(-c6ccccc6)c5)c4)c3)c21. The zero-order valence-electron chi connectivity index (χ0n) is 26.4. The molecule has 0 amide bonds. The van der Waals surface area contributed by atoms with Crippen LogP contribution in [0.3, 0.4) is 0 Å². The lowest BCUT2D eigenvalue weighted by Gasteiger charge is -2.35. The van der Waals surface area contributed by atoms with Crippen molar-refractivity contribution < 1.29 is 0 Å². The molecule has 1 aliphatic heterocycles. The largest absolute Gasteiger partial charge is 0.308 e. The van der Waals surface area contributed by atoms with Gasteiger partial charge in [-0.25, -0.2) is 0 Å². The van der Waals surface area contributed by atoms with E-state index in [4.69, 9.17) is 0 Å². The van der Waals surface area contributed by atoms with Crippen LogP contribution >= 0.6 is 11.8 Å². The first kappa shape index (κ1) is 28.0. The van der Waals surface area contributed by atoms with Crippen LogP contribution in [0.1, 0.15) is 25.0 Å². The summed E-state index contributed by atoms with van der Waals surface area (Å²) in [6.45, 7) is 4.73. The van der Waals surface area contributed by atoms with Crippen LogP contribution < -0.4 is 0 Å². The molecule has 1 aliphatic rings. The predicted molar refractivity (Wildman–Crippen MR) is 200 cm³/mol. The molecule has 47 heavy (non-hydrogen) atoms. The van der Waals surface area contributed by atoms with Gasteiger partial charge in [0.2, 0.25) is 0 Å². The van der Waals surface area contributed by atoms with E-state index in [-0.39, 0.29) is 5.41 Å². The van der Waals surface area contributed by atoms with Crippen LogP contribution in [0.25, 0.3) is 60.9 Å². The van der Waals surface area contributed by atoms with Gasteiger partial charge in [-0.2, -0.15) is 0 Å². The number of nitrogens with zero attached hydrogens (tertiary/aromatic N) is 1. The molecule has 0 radical (unpaired) electrons. The van der Waals surface area contributed by atoms with Gasteiger partial charge in [0, 0.05) is 31.7 Å². The molecule has 0 unspecified atom stereocenters. The number of benzene rings is 7. The zero-order chi connectivity index (χ0) is 31.5. The van der Waals surface area contributed by atoms with Crippen LogP contribution in [0, 0.1) is 0 Å². The molecule has 9 rings (SSSR count). The molecule has 0 bridgehead atoms. The number of fused-ring (bicyclic) bond motifs is 6. The molecule has 0 N–H and O–H groups in total. The van der Waals surface area contributed by atoms with Crippen LogP contribution in [0.4, 0.5) is 0 Å². The molecule has 0 atom stereocenters. The third kappa shape index (κ3) is 4.55. The van der Waals surface area contributed by atoms with Crippen LogP contribution in [-0.4, -0.2) is 4.57 Å². The average molecular weight is 620 g/mol. The number of para-hydroxylation sites is 1. The summed E-state index contributed by atoms with van der Waals surface area (Å²) in [6.07, 6.45) is 0. The molecule has 0 aliphatic carbocycles. The monoisotopic (exact) mass is 619 g/mol. The maximum Gasteiger partial charge on any atom is 0.0683 e. The van der Waals surface area contributed by atoms with E-state index in [9.17, 15) is 0 Å². The lowest BCUT2D eigenvalue weighted by Crippen LogP contribution is -2.24. The highest BCUT2D eigenvalue weighted by atomic mass is 32.2. The van der Waals surface area contributed by atoms with E-state index in [1.165, 1.54) is 81.8 Å². The third-order valence-electron chi connectivity index (χ3n) is 9.84. The van der Waals surface area contributed by atoms with Crippen LogP contribution in [-0.2, 0) is 5.41 Å². The van der Waals surface area contributed by atoms with Crippen molar-refractivity contribution >= 4 is 33.6 Å². The zero-order valence-corrected chi connectivity index (χ0v) is 27.3. The summed E-state index contributed by atoms with van der Waals surface area (Å²) in [7, 11) is 0. The van der Waals surface area contributed by atoms with Crippen molar-refractivity contribution in [3.8, 4) is 39.1 Å². The quantitative estimate of drug-likeness (QED) is 0.190. The topological polar surface area (TPSA) is 4.93 Å². The predicted octanol–water partition coefficient (Wildman–Crippen LogP) is 12.6. The molecule has 8 aromatic rings. The number of aromatic nitrogens is 1. The van der Waals surface area contributed by atoms with Crippen molar-refractivity contribution in [2.24, 2.45) is 0 Å². The second-order valence-corrected chi connectivity index (χ2v) is 14.0. The van der Waals surface area contributed by atoms with Gasteiger partial charge in [0.05, 0.1) is 11.0 Å². The molecule has 7 aromatic carbocycles. The summed E-state index contributed by atoms with van der Waals surface area (Å²) in [6, 6.07) is 59.9. The molecule has 0 fully saturated rings. The molecule has 1 aromatic heterocycles. The Morgan fingerprint density at radius 2 is 1.02 bits per heavy atom. The molecule has 0 saturated carbocycles. The highest BCUT2D eigenvalue weighted by molar-refractivity contribution is 7.99. The van der Waals surface area contributed by atoms with Gasteiger partial charge in [-0.15, -0.1) is 0 Å². The Morgan fingerprint density at radius 1 is 0.447 bits per heavy atom. The number of rotatable bonds is 4. The lowest BCUT2D eigenvalue weighted by molar-refractivity contribution is 0.609. The Labute approximate surface area is 280 Å². The third-order valence-corrected chi connectivity index (χ3v) is 11.0. The van der Waals surface area contributed by atoms with E-state index in [0.29, 0.717) is 0 Å². The van der Waals surface area contributed by atoms with Gasteiger partial charge in [-0.3, -0.25) is 0 Å². The number of hydrogen-bond donors (Lipinski definition) is 0. The van der Waals surface area contributed by atoms with E-state index >= 15 is 0 Å². The Hall–Kier alpha value is -5.31. The minimum atomic E-state index is -0.0905. The second-order valence-electron chi connectivity index (χ2n) is 13.0. The minimum absolute atomic E-state index is 0.0905. The highest BCUT2D eigenvalue weighted by Crippen LogP contribution is 2.52. The van der Waals surface area contributed by atoms with Crippen molar-refractivity contribution in [2.75, 3.05) is 0 Å². The highest BCUT2D eigenvalue weighted by Gasteiger charge is 2.35. The fourth-order valence-electron chi connectivity index (χ4n) is 7.43. The van der Waals surface area contributed by atoms with E-state index < -0.39 is 0 Å². The molecule has 2 heterocycles. The molecule has 1 nitrogen and oxygen atoms in total. The van der Waals surface area contributed by atoms with E-state index in [1.54, 1.807) is 0 Å². The first-order chi connectivity index (χ1) is 23.1. The van der Waals surface area contributed by atoms with E-state index in [0.717, 1.165) is 0 Å². The van der Waals surface area contributed by atoms with Crippen LogP contribution in [0.5, 0.6) is 0 Å². The summed E-state index contributed by atoms with van der Waals surface area (Å²) in [5.41, 5.74) is 13.7. The van der Waals surface area contributed by atoms with Gasteiger partial charge in [-0.05, 0) is 80.9 Å². The molecule has 0 saturated heterocycles. The van der Waals surface area contributed by atoms with Gasteiger partial charge in [0.1, 0.15) is 0 Å². The van der Waals surface area contributed by atoms with Crippen molar-refractivity contribution in [2.45, 2.75) is 29.1 Å². The summed E-state index contributed by atoms with van der Waals surface area (Å²) in [4.78, 5) is 2.70. The fourth-order valence-corrected chi connectivity index (χ4v) is 8.96. The van der Waals surface area contributed by atoms with Gasteiger partial charge < -0.3 is 4.57 Å². The van der Waals surface area contributed by atoms with Crippen LogP contribution in [0.2, 0.25) is 0 Å². The van der Waals surface area contributed by atoms with E-state index in [1.807, 2.05) is 11.8 Å². The minimum Gasteiger partial charge on any atom is -0.308 e. The standard InChI is InChI=1S/C45H33NS/c1-45(2)39-22-7-9-24-42(39)47-44-40(45)26-25-38-37-21-6-8-23-41(37)46(43(38)44)36-20-12-19-35(29-36)34-18-11-17-33(28-34)32-16-10-15-31(27-32)30-13-4-3-5-14-30/h3-29H,1-2H3. The maximum atomic E-state index is 2.50. The normalized spacial score (nSPS) is 13.4. The van der Waals surface area contributed by atoms with Gasteiger partial charge in [-0.1, -0.05) is 153 Å². The molecule has 224 valence electrons. The first-order valence-electron chi connectivity index (χ1n) is 16.3. The maximum absolute atomic E-state index is 2.50. The lowest BCUT2D eigenvalue weighted by atomic mass is 9.77. The smallest absolute Gasteiger partial charge is 0.0683 e. The van der Waals surface area contributed by atoms with Crippen LogP contribution in [0.15, 0.2) is 174 Å². The summed E-state index contributed by atoms with van der Waals surface area (Å²) < 4.78 is 2.50. The molecule has 0 spiro atoms. The summed E-state index contributed by atoms with van der Waals surface area (Å²) in [5, 5.41) is 2.58. The Balaban J connectivity index is 1.20. The summed E-state index contributed by atoms with van der Waals surface area (Å²) >= 11 is 1.92. The molecule has 2 heteroatoms. The second kappa shape index (κ2) is 10.9.